The molecule has 9 heteroatoms. The van der Waals surface area contributed by atoms with Gasteiger partial charge >= 0.3 is 0 Å². The van der Waals surface area contributed by atoms with E-state index in [1.165, 1.54) is 11.1 Å². The molecule has 156 valence electrons. The van der Waals surface area contributed by atoms with Crippen molar-refractivity contribution in [2.75, 3.05) is 13.6 Å². The monoisotopic (exact) mass is 509 g/mol. The quantitative estimate of drug-likeness (QED) is 0.278. The van der Waals surface area contributed by atoms with Gasteiger partial charge in [0.15, 0.2) is 5.96 Å². The summed E-state index contributed by atoms with van der Waals surface area (Å²) in [5.41, 5.74) is 2.53. The van der Waals surface area contributed by atoms with Crippen LogP contribution in [0.1, 0.15) is 36.2 Å². The molecule has 4 rings (SSSR count). The summed E-state index contributed by atoms with van der Waals surface area (Å²) < 4.78 is 1.95. The van der Waals surface area contributed by atoms with E-state index < -0.39 is 0 Å². The molecule has 1 aromatic heterocycles. The normalized spacial score (nSPS) is 17.9. The zero-order valence-electron chi connectivity index (χ0n) is 16.7. The second-order valence-electron chi connectivity index (χ2n) is 7.36. The summed E-state index contributed by atoms with van der Waals surface area (Å²) in [6, 6.07) is 8.56. The molecule has 1 atom stereocenters. The van der Waals surface area contributed by atoms with Crippen molar-refractivity contribution in [1.82, 2.24) is 30.3 Å². The van der Waals surface area contributed by atoms with Crippen LogP contribution >= 0.6 is 24.0 Å². The maximum atomic E-state index is 12.5. The summed E-state index contributed by atoms with van der Waals surface area (Å²) in [4.78, 5) is 23.0. The third kappa shape index (κ3) is 5.26. The van der Waals surface area contributed by atoms with Crippen molar-refractivity contribution in [3.63, 3.8) is 0 Å². The van der Waals surface area contributed by atoms with Gasteiger partial charge in [-0.05, 0) is 24.0 Å². The van der Waals surface area contributed by atoms with E-state index in [1.54, 1.807) is 13.4 Å². The summed E-state index contributed by atoms with van der Waals surface area (Å²) in [6.07, 6.45) is 4.86. The Kier molecular flexibility index (Phi) is 7.45. The van der Waals surface area contributed by atoms with Gasteiger partial charge in [-0.25, -0.2) is 9.67 Å². The first-order valence-corrected chi connectivity index (χ1v) is 9.91. The van der Waals surface area contributed by atoms with E-state index in [4.69, 9.17) is 0 Å². The maximum absolute atomic E-state index is 12.5. The van der Waals surface area contributed by atoms with E-state index in [9.17, 15) is 4.79 Å². The summed E-state index contributed by atoms with van der Waals surface area (Å²) in [7, 11) is 1.77. The number of fused-ring (bicyclic) bond motifs is 2. The average molecular weight is 509 g/mol. The Balaban J connectivity index is 0.00000240. The molecule has 2 aliphatic heterocycles. The molecule has 1 unspecified atom stereocenters. The first-order valence-electron chi connectivity index (χ1n) is 9.91. The van der Waals surface area contributed by atoms with E-state index in [0.29, 0.717) is 13.0 Å². The van der Waals surface area contributed by atoms with Gasteiger partial charge in [0.2, 0.25) is 5.91 Å². The third-order valence-electron chi connectivity index (χ3n) is 5.42. The summed E-state index contributed by atoms with van der Waals surface area (Å²) in [5, 5.41) is 11.0. The molecule has 0 aliphatic carbocycles. The summed E-state index contributed by atoms with van der Waals surface area (Å²) in [6.45, 7) is 2.98. The van der Waals surface area contributed by atoms with Crippen LogP contribution in [-0.4, -0.2) is 51.2 Å². The molecular weight excluding hydrogens is 481 g/mol. The lowest BCUT2D eigenvalue weighted by Crippen LogP contribution is -2.47. The SMILES string of the molecule is CN=C(NCCCC(=O)N1Cc2ccccc2C1)NC1CCc2ncnn2C1.I. The molecule has 0 spiro atoms. The van der Waals surface area contributed by atoms with Gasteiger partial charge in [0.25, 0.3) is 0 Å². The van der Waals surface area contributed by atoms with Crippen LogP contribution < -0.4 is 10.6 Å². The van der Waals surface area contributed by atoms with Crippen LogP contribution in [0.15, 0.2) is 35.6 Å². The molecular formula is C20H28IN7O. The fraction of sp³-hybridized carbons (Fsp3) is 0.500. The highest BCUT2D eigenvalue weighted by Crippen LogP contribution is 2.22. The molecule has 1 amide bonds. The zero-order chi connectivity index (χ0) is 19.3. The van der Waals surface area contributed by atoms with Gasteiger partial charge in [-0.15, -0.1) is 24.0 Å². The smallest absolute Gasteiger partial charge is 0.223 e. The predicted molar refractivity (Wildman–Crippen MR) is 122 cm³/mol. The minimum atomic E-state index is 0. The standard InChI is InChI=1S/C20H27N7O.HI/c1-21-20(25-17-8-9-18-23-14-24-27(18)13-17)22-10-4-7-19(28)26-11-15-5-2-3-6-16(15)12-26;/h2-3,5-6,14,17H,4,7-13H2,1H3,(H2,21,22,25);1H. The van der Waals surface area contributed by atoms with Gasteiger partial charge in [-0.1, -0.05) is 24.3 Å². The zero-order valence-corrected chi connectivity index (χ0v) is 19.0. The molecule has 29 heavy (non-hydrogen) atoms. The summed E-state index contributed by atoms with van der Waals surface area (Å²) in [5.74, 6) is 2.03. The molecule has 8 nitrogen and oxygen atoms in total. The molecule has 2 N–H and O–H groups in total. The van der Waals surface area contributed by atoms with Gasteiger partial charge < -0.3 is 15.5 Å². The Morgan fingerprint density at radius 1 is 1.28 bits per heavy atom. The number of hydrogen-bond donors (Lipinski definition) is 2. The Morgan fingerprint density at radius 2 is 2.03 bits per heavy atom. The van der Waals surface area contributed by atoms with Crippen LogP contribution in [0, 0.1) is 0 Å². The number of benzene rings is 1. The minimum absolute atomic E-state index is 0. The van der Waals surface area contributed by atoms with Gasteiger partial charge in [-0.3, -0.25) is 9.79 Å². The number of carbonyl (C=O) groups is 1. The van der Waals surface area contributed by atoms with Gasteiger partial charge in [0, 0.05) is 45.6 Å². The number of carbonyl (C=O) groups excluding carboxylic acids is 1. The highest BCUT2D eigenvalue weighted by molar-refractivity contribution is 14.0. The van der Waals surface area contributed by atoms with Crippen molar-refractivity contribution >= 4 is 35.8 Å². The highest BCUT2D eigenvalue weighted by Gasteiger charge is 2.23. The van der Waals surface area contributed by atoms with E-state index in [1.807, 2.05) is 21.7 Å². The number of aromatic nitrogens is 3. The highest BCUT2D eigenvalue weighted by atomic mass is 127. The lowest BCUT2D eigenvalue weighted by Gasteiger charge is -2.25. The molecule has 0 saturated heterocycles. The fourth-order valence-electron chi connectivity index (χ4n) is 3.86. The Morgan fingerprint density at radius 3 is 2.76 bits per heavy atom. The number of aryl methyl sites for hydroxylation is 1. The largest absolute Gasteiger partial charge is 0.356 e. The van der Waals surface area contributed by atoms with Crippen molar-refractivity contribution in [3.8, 4) is 0 Å². The number of guanidine groups is 1. The summed E-state index contributed by atoms with van der Waals surface area (Å²) >= 11 is 0. The fourth-order valence-corrected chi connectivity index (χ4v) is 3.86. The number of hydrogen-bond acceptors (Lipinski definition) is 4. The minimum Gasteiger partial charge on any atom is -0.356 e. The first kappa shape index (κ1) is 21.5. The van der Waals surface area contributed by atoms with Crippen LogP contribution in [0.2, 0.25) is 0 Å². The number of aliphatic imine (C=N–C) groups is 1. The van der Waals surface area contributed by atoms with Crippen LogP contribution in [0.3, 0.4) is 0 Å². The second kappa shape index (κ2) is 10.0. The van der Waals surface area contributed by atoms with Crippen LogP contribution in [-0.2, 0) is 30.8 Å². The van der Waals surface area contributed by atoms with Gasteiger partial charge in [-0.2, -0.15) is 5.10 Å². The molecule has 2 aliphatic rings. The Hall–Kier alpha value is -2.17. The Labute approximate surface area is 188 Å². The lowest BCUT2D eigenvalue weighted by atomic mass is 10.1. The molecule has 0 radical (unpaired) electrons. The average Bonchev–Trinajstić information content (AvgIpc) is 3.36. The predicted octanol–water partition coefficient (Wildman–Crippen LogP) is 1.70. The molecule has 1 aromatic carbocycles. The maximum Gasteiger partial charge on any atom is 0.223 e. The van der Waals surface area contributed by atoms with E-state index >= 15 is 0 Å². The number of halogens is 1. The second-order valence-corrected chi connectivity index (χ2v) is 7.36. The van der Waals surface area contributed by atoms with Crippen LogP contribution in [0.5, 0.6) is 0 Å². The van der Waals surface area contributed by atoms with E-state index in [0.717, 1.165) is 50.7 Å². The molecule has 0 saturated carbocycles. The molecule has 0 bridgehead atoms. The Bertz CT molecular complexity index is 841. The van der Waals surface area contributed by atoms with Crippen molar-refractivity contribution < 1.29 is 4.79 Å². The van der Waals surface area contributed by atoms with Gasteiger partial charge in [0.05, 0.1) is 6.54 Å². The number of nitrogens with one attached hydrogen (secondary N) is 2. The van der Waals surface area contributed by atoms with Crippen LogP contribution in [0.25, 0.3) is 0 Å². The lowest BCUT2D eigenvalue weighted by molar-refractivity contribution is -0.131. The van der Waals surface area contributed by atoms with Crippen molar-refractivity contribution in [3.05, 3.63) is 47.5 Å². The van der Waals surface area contributed by atoms with Crippen LogP contribution in [0.4, 0.5) is 0 Å². The number of rotatable bonds is 5. The van der Waals surface area contributed by atoms with Crippen molar-refractivity contribution in [2.45, 2.75) is 51.4 Å². The van der Waals surface area contributed by atoms with Crippen molar-refractivity contribution in [2.24, 2.45) is 4.99 Å². The third-order valence-corrected chi connectivity index (χ3v) is 5.42. The van der Waals surface area contributed by atoms with Crippen molar-refractivity contribution in [1.29, 1.82) is 0 Å². The number of nitrogens with zero attached hydrogens (tertiary/aromatic N) is 5. The molecule has 3 heterocycles. The van der Waals surface area contributed by atoms with E-state index in [2.05, 4.69) is 37.8 Å². The topological polar surface area (TPSA) is 87.4 Å². The first-order chi connectivity index (χ1) is 13.7. The number of amides is 1. The molecule has 2 aromatic rings. The van der Waals surface area contributed by atoms with Gasteiger partial charge in [0.1, 0.15) is 12.2 Å². The van der Waals surface area contributed by atoms with E-state index in [-0.39, 0.29) is 35.9 Å². The molecule has 0 fully saturated rings.